The Labute approximate surface area is 122 Å². The monoisotopic (exact) mass is 281 g/mol. The highest BCUT2D eigenvalue weighted by molar-refractivity contribution is 6.04. The third-order valence-corrected chi connectivity index (χ3v) is 3.63. The zero-order valence-electron chi connectivity index (χ0n) is 11.4. The van der Waals surface area contributed by atoms with Gasteiger partial charge in [0.15, 0.2) is 0 Å². The van der Waals surface area contributed by atoms with E-state index in [1.807, 2.05) is 12.1 Å². The van der Waals surface area contributed by atoms with Gasteiger partial charge in [-0.2, -0.15) is 0 Å². The summed E-state index contributed by atoms with van der Waals surface area (Å²) < 4.78 is 0. The Hall–Kier alpha value is -2.69. The van der Waals surface area contributed by atoms with Gasteiger partial charge in [-0.3, -0.25) is 14.6 Å². The summed E-state index contributed by atoms with van der Waals surface area (Å²) in [5, 5.41) is 2.84. The lowest BCUT2D eigenvalue weighted by Gasteiger charge is -2.07. The number of nitrogens with two attached hydrogens (primary N) is 1. The lowest BCUT2D eigenvalue weighted by Crippen LogP contribution is -2.16. The fraction of sp³-hybridized carbons (Fsp3) is 0.188. The summed E-state index contributed by atoms with van der Waals surface area (Å²) in [6, 6.07) is 8.97. The van der Waals surface area contributed by atoms with Crippen molar-refractivity contribution in [3.8, 4) is 0 Å². The lowest BCUT2D eigenvalue weighted by molar-refractivity contribution is 0.0990. The third-order valence-electron chi connectivity index (χ3n) is 3.63. The standard InChI is InChI=1S/C16H15N3O2/c17-15(20)14-7-5-12(9-18-14)16(21)19-13-6-4-10-2-1-3-11(10)8-13/h4-9H,1-3H2,(H2,17,20)(H,19,21). The minimum atomic E-state index is -0.611. The second kappa shape index (κ2) is 5.36. The summed E-state index contributed by atoms with van der Waals surface area (Å²) in [4.78, 5) is 26.9. The molecule has 2 aromatic rings. The highest BCUT2D eigenvalue weighted by Crippen LogP contribution is 2.25. The number of benzene rings is 1. The maximum atomic E-state index is 12.1. The molecular formula is C16H15N3O2. The van der Waals surface area contributed by atoms with E-state index in [-0.39, 0.29) is 11.6 Å². The zero-order chi connectivity index (χ0) is 14.8. The van der Waals surface area contributed by atoms with Crippen LogP contribution in [0.2, 0.25) is 0 Å². The number of nitrogens with zero attached hydrogens (tertiary/aromatic N) is 1. The van der Waals surface area contributed by atoms with E-state index in [9.17, 15) is 9.59 Å². The van der Waals surface area contributed by atoms with E-state index >= 15 is 0 Å². The average molecular weight is 281 g/mol. The Morgan fingerprint density at radius 3 is 2.62 bits per heavy atom. The first kappa shape index (κ1) is 13.3. The number of anilines is 1. The van der Waals surface area contributed by atoms with Crippen molar-refractivity contribution in [2.45, 2.75) is 19.3 Å². The van der Waals surface area contributed by atoms with Crippen LogP contribution in [0, 0.1) is 0 Å². The molecular weight excluding hydrogens is 266 g/mol. The van der Waals surface area contributed by atoms with E-state index in [1.165, 1.54) is 35.9 Å². The Morgan fingerprint density at radius 2 is 1.90 bits per heavy atom. The molecule has 1 aromatic carbocycles. The van der Waals surface area contributed by atoms with Crippen LogP contribution in [-0.4, -0.2) is 16.8 Å². The molecule has 5 heteroatoms. The number of carbonyl (C=O) groups excluding carboxylic acids is 2. The number of pyridine rings is 1. The first-order valence-electron chi connectivity index (χ1n) is 6.82. The van der Waals surface area contributed by atoms with Crippen LogP contribution in [0.5, 0.6) is 0 Å². The molecule has 0 unspecified atom stereocenters. The minimum absolute atomic E-state index is 0.143. The number of hydrogen-bond acceptors (Lipinski definition) is 3. The molecule has 0 atom stereocenters. The summed E-state index contributed by atoms with van der Waals surface area (Å²) in [6.07, 6.45) is 4.70. The van der Waals surface area contributed by atoms with Gasteiger partial charge >= 0.3 is 0 Å². The van der Waals surface area contributed by atoms with Gasteiger partial charge in [-0.05, 0) is 54.7 Å². The molecule has 2 amide bonds. The highest BCUT2D eigenvalue weighted by atomic mass is 16.2. The van der Waals surface area contributed by atoms with Gasteiger partial charge in [-0.25, -0.2) is 0 Å². The van der Waals surface area contributed by atoms with E-state index in [1.54, 1.807) is 0 Å². The second-order valence-corrected chi connectivity index (χ2v) is 5.09. The summed E-state index contributed by atoms with van der Waals surface area (Å²) in [5.74, 6) is -0.864. The van der Waals surface area contributed by atoms with Gasteiger partial charge < -0.3 is 11.1 Å². The van der Waals surface area contributed by atoms with Crippen molar-refractivity contribution in [1.82, 2.24) is 4.98 Å². The number of primary amides is 1. The van der Waals surface area contributed by atoms with Crippen LogP contribution in [-0.2, 0) is 12.8 Å². The van der Waals surface area contributed by atoms with Crippen molar-refractivity contribution in [2.75, 3.05) is 5.32 Å². The van der Waals surface area contributed by atoms with Crippen LogP contribution in [0.15, 0.2) is 36.5 Å². The SMILES string of the molecule is NC(=O)c1ccc(C(=O)Nc2ccc3c(c2)CCC3)cn1. The van der Waals surface area contributed by atoms with E-state index in [2.05, 4.69) is 16.4 Å². The predicted octanol–water partition coefficient (Wildman–Crippen LogP) is 1.92. The molecule has 5 nitrogen and oxygen atoms in total. The van der Waals surface area contributed by atoms with Gasteiger partial charge in [-0.1, -0.05) is 6.07 Å². The number of amides is 2. The number of rotatable bonds is 3. The van der Waals surface area contributed by atoms with E-state index < -0.39 is 5.91 Å². The molecule has 106 valence electrons. The van der Waals surface area contributed by atoms with Crippen molar-refractivity contribution in [3.63, 3.8) is 0 Å². The quantitative estimate of drug-likeness (QED) is 0.901. The summed E-state index contributed by atoms with van der Waals surface area (Å²) in [6.45, 7) is 0. The molecule has 21 heavy (non-hydrogen) atoms. The number of carbonyl (C=O) groups is 2. The van der Waals surface area contributed by atoms with E-state index in [0.717, 1.165) is 18.5 Å². The van der Waals surface area contributed by atoms with Gasteiger partial charge in [0.1, 0.15) is 5.69 Å². The van der Waals surface area contributed by atoms with Gasteiger partial charge in [0, 0.05) is 11.9 Å². The third kappa shape index (κ3) is 2.76. The fourth-order valence-electron chi connectivity index (χ4n) is 2.53. The van der Waals surface area contributed by atoms with E-state index in [4.69, 9.17) is 5.73 Å². The summed E-state index contributed by atoms with van der Waals surface area (Å²) >= 11 is 0. The lowest BCUT2D eigenvalue weighted by atomic mass is 10.1. The molecule has 1 aliphatic rings. The Kier molecular flexibility index (Phi) is 3.39. The molecule has 0 spiro atoms. The maximum absolute atomic E-state index is 12.1. The van der Waals surface area contributed by atoms with Crippen LogP contribution in [0.25, 0.3) is 0 Å². The first-order valence-corrected chi connectivity index (χ1v) is 6.82. The Morgan fingerprint density at radius 1 is 1.10 bits per heavy atom. The topological polar surface area (TPSA) is 85.1 Å². The normalized spacial score (nSPS) is 12.8. The maximum Gasteiger partial charge on any atom is 0.267 e. The van der Waals surface area contributed by atoms with E-state index in [0.29, 0.717) is 5.56 Å². The van der Waals surface area contributed by atoms with Crippen molar-refractivity contribution in [3.05, 3.63) is 58.9 Å². The molecule has 3 rings (SSSR count). The largest absolute Gasteiger partial charge is 0.364 e. The van der Waals surface area contributed by atoms with Crippen LogP contribution >= 0.6 is 0 Å². The van der Waals surface area contributed by atoms with Gasteiger partial charge in [-0.15, -0.1) is 0 Å². The number of nitrogens with one attached hydrogen (secondary N) is 1. The molecule has 1 heterocycles. The second-order valence-electron chi connectivity index (χ2n) is 5.09. The molecule has 0 saturated heterocycles. The number of fused-ring (bicyclic) bond motifs is 1. The van der Waals surface area contributed by atoms with Crippen molar-refractivity contribution in [1.29, 1.82) is 0 Å². The van der Waals surface area contributed by atoms with Gasteiger partial charge in [0.25, 0.3) is 11.8 Å². The fourth-order valence-corrected chi connectivity index (χ4v) is 2.53. The Balaban J connectivity index is 1.75. The highest BCUT2D eigenvalue weighted by Gasteiger charge is 2.13. The minimum Gasteiger partial charge on any atom is -0.364 e. The molecule has 1 aromatic heterocycles. The molecule has 0 aliphatic heterocycles. The van der Waals surface area contributed by atoms with Crippen molar-refractivity contribution < 1.29 is 9.59 Å². The average Bonchev–Trinajstić information content (AvgIpc) is 2.95. The molecule has 0 radical (unpaired) electrons. The first-order chi connectivity index (χ1) is 10.1. The molecule has 0 bridgehead atoms. The smallest absolute Gasteiger partial charge is 0.267 e. The number of aryl methyl sites for hydroxylation is 2. The van der Waals surface area contributed by atoms with Gasteiger partial charge in [0.2, 0.25) is 0 Å². The van der Waals surface area contributed by atoms with Crippen LogP contribution in [0.3, 0.4) is 0 Å². The van der Waals surface area contributed by atoms with Crippen LogP contribution < -0.4 is 11.1 Å². The number of aromatic nitrogens is 1. The summed E-state index contributed by atoms with van der Waals surface area (Å²) in [5.41, 5.74) is 9.09. The molecule has 0 fully saturated rings. The number of hydrogen-bond donors (Lipinski definition) is 2. The molecule has 0 saturated carbocycles. The Bertz CT molecular complexity index is 708. The summed E-state index contributed by atoms with van der Waals surface area (Å²) in [7, 11) is 0. The van der Waals surface area contributed by atoms with Crippen LogP contribution in [0.4, 0.5) is 5.69 Å². The zero-order valence-corrected chi connectivity index (χ0v) is 11.4. The molecule has 1 aliphatic carbocycles. The molecule has 3 N–H and O–H groups in total. The van der Waals surface area contributed by atoms with Crippen LogP contribution in [0.1, 0.15) is 38.4 Å². The van der Waals surface area contributed by atoms with Gasteiger partial charge in [0.05, 0.1) is 5.56 Å². The van der Waals surface area contributed by atoms with Crippen molar-refractivity contribution >= 4 is 17.5 Å². The predicted molar refractivity (Wildman–Crippen MR) is 79.2 cm³/mol. The van der Waals surface area contributed by atoms with Crippen molar-refractivity contribution in [2.24, 2.45) is 5.73 Å².